The van der Waals surface area contributed by atoms with Crippen LogP contribution in [0.3, 0.4) is 0 Å². The van der Waals surface area contributed by atoms with Crippen LogP contribution >= 0.6 is 0 Å². The molecule has 4 heteroatoms. The van der Waals surface area contributed by atoms with Crippen molar-refractivity contribution in [2.75, 3.05) is 96.7 Å². The third-order valence-corrected chi connectivity index (χ3v) is 6.21. The summed E-state index contributed by atoms with van der Waals surface area (Å²) in [6, 6.07) is 5.03. The minimum atomic E-state index is 1.03. The van der Waals surface area contributed by atoms with E-state index < -0.39 is 0 Å². The number of hydrogen-bond donors (Lipinski definition) is 0. The van der Waals surface area contributed by atoms with Gasteiger partial charge in [-0.3, -0.25) is 0 Å². The molecule has 0 aliphatic rings. The van der Waals surface area contributed by atoms with E-state index in [-0.39, 0.29) is 0 Å². The zero-order valence-electron chi connectivity index (χ0n) is 22.6. The van der Waals surface area contributed by atoms with Crippen molar-refractivity contribution in [3.8, 4) is 0 Å². The van der Waals surface area contributed by atoms with E-state index >= 15 is 0 Å². The van der Waals surface area contributed by atoms with Gasteiger partial charge in [0.2, 0.25) is 0 Å². The molecule has 0 spiro atoms. The maximum Gasteiger partial charge on any atom is 0.128 e. The Kier molecular flexibility index (Phi) is 9.14. The minimum Gasteiger partial charge on any atom is -0.326 e. The Hall–Kier alpha value is -0.940. The largest absolute Gasteiger partial charge is 0.326 e. The fourth-order valence-electron chi connectivity index (χ4n) is 4.02. The van der Waals surface area contributed by atoms with Crippen LogP contribution in [-0.4, -0.2) is 115 Å². The summed E-state index contributed by atoms with van der Waals surface area (Å²) in [6.07, 6.45) is 2.25. The highest BCUT2D eigenvalue weighted by Crippen LogP contribution is 2.25. The molecule has 0 radical (unpaired) electrons. The van der Waals surface area contributed by atoms with Crippen LogP contribution < -0.4 is 0 Å². The van der Waals surface area contributed by atoms with E-state index in [1.165, 1.54) is 31.7 Å². The topological polar surface area (TPSA) is 0 Å². The van der Waals surface area contributed by atoms with E-state index in [4.69, 9.17) is 0 Å². The van der Waals surface area contributed by atoms with E-state index in [1.54, 1.807) is 16.7 Å². The van der Waals surface area contributed by atoms with E-state index in [2.05, 4.69) is 96.5 Å². The second-order valence-electron chi connectivity index (χ2n) is 12.8. The monoisotopic (exact) mass is 422 g/mol. The highest BCUT2D eigenvalue weighted by Gasteiger charge is 2.25. The van der Waals surface area contributed by atoms with Crippen LogP contribution in [0.2, 0.25) is 0 Å². The summed E-state index contributed by atoms with van der Waals surface area (Å²) in [4.78, 5) is 0. The summed E-state index contributed by atoms with van der Waals surface area (Å²) >= 11 is 0. The predicted molar refractivity (Wildman–Crippen MR) is 132 cm³/mol. The molecule has 0 amide bonds. The van der Waals surface area contributed by atoms with Gasteiger partial charge in [-0.25, -0.2) is 0 Å². The predicted octanol–water partition coefficient (Wildman–Crippen LogP) is 3.38. The molecule has 0 aliphatic heterocycles. The summed E-state index contributed by atoms with van der Waals surface area (Å²) in [5, 5.41) is 0. The molecule has 0 aromatic heterocycles. The molecule has 0 saturated heterocycles. The molecule has 1 aromatic rings. The van der Waals surface area contributed by atoms with Gasteiger partial charge in [0.15, 0.2) is 0 Å². The summed E-state index contributed by atoms with van der Waals surface area (Å²) in [5.41, 5.74) is 6.24. The molecule has 1 rings (SSSR count). The quantitative estimate of drug-likeness (QED) is 0.453. The molecule has 0 unspecified atom stereocenters. The van der Waals surface area contributed by atoms with Crippen molar-refractivity contribution in [1.29, 1.82) is 0 Å². The summed E-state index contributed by atoms with van der Waals surface area (Å²) in [6.45, 7) is 11.7. The van der Waals surface area contributed by atoms with Crippen molar-refractivity contribution in [2.24, 2.45) is 0 Å². The lowest BCUT2D eigenvalue weighted by atomic mass is 9.93. The third-order valence-electron chi connectivity index (χ3n) is 6.21. The molecular weight excluding hydrogens is 368 g/mol. The molecule has 174 valence electrons. The van der Waals surface area contributed by atoms with Crippen LogP contribution in [0.5, 0.6) is 0 Å². The number of rotatable bonds is 12. The zero-order chi connectivity index (χ0) is 23.4. The molecule has 0 aliphatic carbocycles. The Balaban J connectivity index is 3.09. The molecule has 0 heterocycles. The Morgan fingerprint density at radius 2 is 0.900 bits per heavy atom. The van der Waals surface area contributed by atoms with Crippen LogP contribution in [0.1, 0.15) is 36.1 Å². The number of quaternary nitrogens is 4. The van der Waals surface area contributed by atoms with Crippen LogP contribution in [0.4, 0.5) is 0 Å². The summed E-state index contributed by atoms with van der Waals surface area (Å²) in [5.74, 6) is 0. The summed E-state index contributed by atoms with van der Waals surface area (Å²) < 4.78 is 4.16. The van der Waals surface area contributed by atoms with E-state index in [1.807, 2.05) is 0 Å². The molecule has 0 fully saturated rings. The zero-order valence-corrected chi connectivity index (χ0v) is 22.6. The van der Waals surface area contributed by atoms with Crippen molar-refractivity contribution in [2.45, 2.75) is 39.8 Å². The second-order valence-corrected chi connectivity index (χ2v) is 12.8. The van der Waals surface area contributed by atoms with Gasteiger partial charge in [0.25, 0.3) is 0 Å². The van der Waals surface area contributed by atoms with Crippen LogP contribution in [0.25, 0.3) is 0 Å². The average molecular weight is 423 g/mol. The number of nitrogens with zero attached hydrogens (tertiary/aromatic N) is 4. The lowest BCUT2D eigenvalue weighted by molar-refractivity contribution is -0.945. The third kappa shape index (κ3) is 9.91. The molecule has 1 aromatic carbocycles. The lowest BCUT2D eigenvalue weighted by Crippen LogP contribution is -2.49. The van der Waals surface area contributed by atoms with Crippen molar-refractivity contribution in [1.82, 2.24) is 0 Å². The fourth-order valence-corrected chi connectivity index (χ4v) is 4.02. The number of likely N-dealkylation sites (N-methyl/N-ethyl adjacent to an activating group) is 4. The van der Waals surface area contributed by atoms with Gasteiger partial charge >= 0.3 is 0 Å². The smallest absolute Gasteiger partial charge is 0.128 e. The molecule has 4 nitrogen and oxygen atoms in total. The SMILES string of the molecule is CCc1cc(C[N+](C)(C)CC[N+](C)(C)C)cc(CC)c1C[N+](C)(C)CC[N+](C)(C)C. The van der Waals surface area contributed by atoms with Gasteiger partial charge in [0, 0.05) is 11.1 Å². The molecule has 0 saturated carbocycles. The van der Waals surface area contributed by atoms with Gasteiger partial charge in [-0.2, -0.15) is 0 Å². The molecule has 0 N–H and O–H groups in total. The average Bonchev–Trinajstić information content (AvgIpc) is 2.58. The first-order valence-electron chi connectivity index (χ1n) is 11.9. The molecule has 0 bridgehead atoms. The van der Waals surface area contributed by atoms with Crippen molar-refractivity contribution in [3.05, 3.63) is 34.4 Å². The van der Waals surface area contributed by atoms with Gasteiger partial charge < -0.3 is 17.9 Å². The number of aryl methyl sites for hydroxylation is 2. The Labute approximate surface area is 189 Å². The maximum absolute atomic E-state index is 2.51. The Morgan fingerprint density at radius 1 is 0.533 bits per heavy atom. The molecule has 30 heavy (non-hydrogen) atoms. The first-order valence-corrected chi connectivity index (χ1v) is 11.9. The van der Waals surface area contributed by atoms with Gasteiger partial charge in [-0.1, -0.05) is 13.8 Å². The number of hydrogen-bond acceptors (Lipinski definition) is 0. The van der Waals surface area contributed by atoms with Crippen LogP contribution in [-0.2, 0) is 25.9 Å². The van der Waals surface area contributed by atoms with Gasteiger partial charge in [-0.15, -0.1) is 0 Å². The van der Waals surface area contributed by atoms with Crippen LogP contribution in [0.15, 0.2) is 12.1 Å². The highest BCUT2D eigenvalue weighted by molar-refractivity contribution is 5.39. The normalized spacial score (nSPS) is 13.7. The van der Waals surface area contributed by atoms with Crippen molar-refractivity contribution in [3.63, 3.8) is 0 Å². The van der Waals surface area contributed by atoms with Crippen molar-refractivity contribution < 1.29 is 17.9 Å². The van der Waals surface area contributed by atoms with Gasteiger partial charge in [0.05, 0.1) is 70.5 Å². The standard InChI is InChI=1S/C26H54N4/c1-13-24-19-23(21-29(9,10)17-15-27(3,4)5)20-25(14-2)26(24)22-30(11,12)18-16-28(6,7)8/h19-20H,13-18,21-22H2,1-12H3/q+4. The Bertz CT molecular complexity index is 650. The number of benzene rings is 1. The molecular formula is C26H54N4+4. The first kappa shape index (κ1) is 27.1. The van der Waals surface area contributed by atoms with Crippen LogP contribution in [0, 0.1) is 0 Å². The van der Waals surface area contributed by atoms with E-state index in [0.717, 1.165) is 43.9 Å². The highest BCUT2D eigenvalue weighted by atomic mass is 15.4. The van der Waals surface area contributed by atoms with Crippen molar-refractivity contribution >= 4 is 0 Å². The first-order chi connectivity index (χ1) is 13.5. The fraction of sp³-hybridized carbons (Fsp3) is 0.769. The summed E-state index contributed by atoms with van der Waals surface area (Å²) in [7, 11) is 23.3. The van der Waals surface area contributed by atoms with E-state index in [9.17, 15) is 0 Å². The van der Waals surface area contributed by atoms with Gasteiger partial charge in [0.1, 0.15) is 39.3 Å². The minimum absolute atomic E-state index is 1.03. The van der Waals surface area contributed by atoms with Gasteiger partial charge in [-0.05, 0) is 36.1 Å². The Morgan fingerprint density at radius 3 is 1.23 bits per heavy atom. The maximum atomic E-state index is 2.51. The van der Waals surface area contributed by atoms with E-state index in [0.29, 0.717) is 0 Å². The second kappa shape index (κ2) is 10.1. The lowest BCUT2D eigenvalue weighted by Gasteiger charge is -2.35. The molecule has 0 atom stereocenters.